The Balaban J connectivity index is 2.21. The van der Waals surface area contributed by atoms with Crippen LogP contribution in [0.1, 0.15) is 24.0 Å². The van der Waals surface area contributed by atoms with E-state index in [-0.39, 0.29) is 0 Å². The average molecular weight is 401 g/mol. The van der Waals surface area contributed by atoms with E-state index in [1.54, 1.807) is 18.2 Å². The highest BCUT2D eigenvalue weighted by molar-refractivity contribution is 6.35. The van der Waals surface area contributed by atoms with Gasteiger partial charge in [0, 0.05) is 26.5 Å². The van der Waals surface area contributed by atoms with Crippen molar-refractivity contribution in [2.75, 3.05) is 6.54 Å². The first-order valence-corrected chi connectivity index (χ1v) is 8.94. The molecule has 0 atom stereocenters. The normalized spacial score (nSPS) is 12.1. The van der Waals surface area contributed by atoms with Gasteiger partial charge in [0.25, 0.3) is 0 Å². The Morgan fingerprint density at radius 3 is 2.46 bits per heavy atom. The smallest absolute Gasteiger partial charge is 0.354 e. The summed E-state index contributed by atoms with van der Waals surface area (Å²) in [6.07, 6.45) is -2.25. The molecule has 0 radical (unpaired) electrons. The number of aromatic amines is 1. The van der Waals surface area contributed by atoms with Gasteiger partial charge in [0.15, 0.2) is 0 Å². The lowest BCUT2D eigenvalue weighted by Gasteiger charge is -2.09. The van der Waals surface area contributed by atoms with Crippen molar-refractivity contribution in [3.8, 4) is 11.3 Å². The molecule has 0 bridgehead atoms. The zero-order chi connectivity index (χ0) is 18.9. The van der Waals surface area contributed by atoms with E-state index in [1.165, 1.54) is 12.1 Å². The van der Waals surface area contributed by atoms with Gasteiger partial charge in [-0.2, -0.15) is 13.2 Å². The average Bonchev–Trinajstić information content (AvgIpc) is 2.94. The topological polar surface area (TPSA) is 41.8 Å². The van der Waals surface area contributed by atoms with Crippen LogP contribution < -0.4 is 5.73 Å². The highest BCUT2D eigenvalue weighted by Crippen LogP contribution is 2.39. The van der Waals surface area contributed by atoms with E-state index in [0.29, 0.717) is 45.2 Å². The molecular weight excluding hydrogens is 384 g/mol. The molecule has 0 saturated heterocycles. The van der Waals surface area contributed by atoms with Crippen LogP contribution in [-0.4, -0.2) is 11.5 Å². The first kappa shape index (κ1) is 19.1. The van der Waals surface area contributed by atoms with Crippen molar-refractivity contribution in [2.45, 2.75) is 25.4 Å². The molecule has 26 heavy (non-hydrogen) atoms. The van der Waals surface area contributed by atoms with Crippen molar-refractivity contribution in [3.05, 3.63) is 57.6 Å². The van der Waals surface area contributed by atoms with Crippen molar-refractivity contribution in [1.82, 2.24) is 4.98 Å². The maximum Gasteiger partial charge on any atom is 0.416 e. The fraction of sp³-hybridized carbons (Fsp3) is 0.263. The van der Waals surface area contributed by atoms with Crippen LogP contribution in [0.2, 0.25) is 10.0 Å². The van der Waals surface area contributed by atoms with Crippen molar-refractivity contribution in [1.29, 1.82) is 0 Å². The van der Waals surface area contributed by atoms with Gasteiger partial charge >= 0.3 is 6.18 Å². The zero-order valence-corrected chi connectivity index (χ0v) is 15.3. The second-order valence-electron chi connectivity index (χ2n) is 6.11. The predicted molar refractivity (Wildman–Crippen MR) is 101 cm³/mol. The zero-order valence-electron chi connectivity index (χ0n) is 13.8. The van der Waals surface area contributed by atoms with Crippen LogP contribution in [0, 0.1) is 0 Å². The van der Waals surface area contributed by atoms with Crippen LogP contribution in [0.25, 0.3) is 22.2 Å². The van der Waals surface area contributed by atoms with Gasteiger partial charge in [-0.25, -0.2) is 0 Å². The largest absolute Gasteiger partial charge is 0.416 e. The summed E-state index contributed by atoms with van der Waals surface area (Å²) in [5.41, 5.74) is 7.68. The summed E-state index contributed by atoms with van der Waals surface area (Å²) in [5.74, 6) is 0. The summed E-state index contributed by atoms with van der Waals surface area (Å²) in [5, 5.41) is 1.53. The Kier molecular flexibility index (Phi) is 5.51. The number of aromatic nitrogens is 1. The SMILES string of the molecule is NCCCCc1c(-c2cc(Cl)ccc2Cl)[nH]c2ccc(C(F)(F)F)cc12. The lowest BCUT2D eigenvalue weighted by atomic mass is 9.99. The van der Waals surface area contributed by atoms with E-state index < -0.39 is 11.7 Å². The van der Waals surface area contributed by atoms with Crippen LogP contribution in [0.5, 0.6) is 0 Å². The number of halogens is 5. The molecule has 0 saturated carbocycles. The highest BCUT2D eigenvalue weighted by Gasteiger charge is 2.31. The number of alkyl halides is 3. The van der Waals surface area contributed by atoms with E-state index in [2.05, 4.69) is 4.98 Å². The molecular formula is C19H17Cl2F3N2. The molecule has 0 spiro atoms. The molecule has 0 aliphatic carbocycles. The van der Waals surface area contributed by atoms with Gasteiger partial charge < -0.3 is 10.7 Å². The highest BCUT2D eigenvalue weighted by atomic mass is 35.5. The summed E-state index contributed by atoms with van der Waals surface area (Å²) in [7, 11) is 0. The first-order chi connectivity index (χ1) is 12.3. The van der Waals surface area contributed by atoms with Crippen molar-refractivity contribution in [3.63, 3.8) is 0 Å². The monoisotopic (exact) mass is 400 g/mol. The minimum absolute atomic E-state index is 0.483. The Hall–Kier alpha value is -1.69. The second-order valence-corrected chi connectivity index (χ2v) is 6.95. The predicted octanol–water partition coefficient (Wildman–Crippen LogP) is 6.44. The number of nitrogens with two attached hydrogens (primary N) is 1. The molecule has 7 heteroatoms. The standard InChI is InChI=1S/C19H17Cl2F3N2/c20-12-5-6-16(21)15(10-12)18-13(3-1-2-8-25)14-9-11(19(22,23)24)4-7-17(14)26-18/h4-7,9-10,26H,1-3,8,25H2. The van der Waals surface area contributed by atoms with E-state index in [9.17, 15) is 13.2 Å². The van der Waals surface area contributed by atoms with Gasteiger partial charge in [-0.1, -0.05) is 23.2 Å². The molecule has 1 aromatic heterocycles. The number of H-pyrrole nitrogens is 1. The Morgan fingerprint density at radius 1 is 1.00 bits per heavy atom. The van der Waals surface area contributed by atoms with Crippen LogP contribution in [0.4, 0.5) is 13.2 Å². The number of unbranched alkanes of at least 4 members (excludes halogenated alkanes) is 1. The first-order valence-electron chi connectivity index (χ1n) is 8.18. The number of hydrogen-bond acceptors (Lipinski definition) is 1. The van der Waals surface area contributed by atoms with Crippen LogP contribution in [-0.2, 0) is 12.6 Å². The molecule has 0 amide bonds. The minimum atomic E-state index is -4.39. The molecule has 2 nitrogen and oxygen atoms in total. The van der Waals surface area contributed by atoms with Crippen LogP contribution in [0.15, 0.2) is 36.4 Å². The number of aryl methyl sites for hydroxylation is 1. The van der Waals surface area contributed by atoms with Crippen LogP contribution >= 0.6 is 23.2 Å². The molecule has 3 N–H and O–H groups in total. The second kappa shape index (κ2) is 7.51. The van der Waals surface area contributed by atoms with Crippen molar-refractivity contribution >= 4 is 34.1 Å². The van der Waals surface area contributed by atoms with Gasteiger partial charge in [-0.05, 0) is 67.8 Å². The third-order valence-electron chi connectivity index (χ3n) is 4.31. The Labute approximate surface area is 159 Å². The fourth-order valence-electron chi connectivity index (χ4n) is 3.05. The van der Waals surface area contributed by atoms with E-state index >= 15 is 0 Å². The molecule has 3 rings (SSSR count). The fourth-order valence-corrected chi connectivity index (χ4v) is 3.43. The van der Waals surface area contributed by atoms with E-state index in [0.717, 1.165) is 24.5 Å². The Morgan fingerprint density at radius 2 is 1.77 bits per heavy atom. The third-order valence-corrected chi connectivity index (χ3v) is 4.88. The molecule has 0 aliphatic rings. The molecule has 0 fully saturated rings. The molecule has 0 unspecified atom stereocenters. The molecule has 0 aliphatic heterocycles. The van der Waals surface area contributed by atoms with E-state index in [4.69, 9.17) is 28.9 Å². The number of benzene rings is 2. The maximum atomic E-state index is 13.1. The number of nitrogens with one attached hydrogen (secondary N) is 1. The van der Waals surface area contributed by atoms with Gasteiger partial charge in [-0.3, -0.25) is 0 Å². The van der Waals surface area contributed by atoms with Gasteiger partial charge in [0.2, 0.25) is 0 Å². The lowest BCUT2D eigenvalue weighted by Crippen LogP contribution is -2.04. The van der Waals surface area contributed by atoms with Crippen molar-refractivity contribution < 1.29 is 13.2 Å². The molecule has 1 heterocycles. The number of hydrogen-bond donors (Lipinski definition) is 2. The van der Waals surface area contributed by atoms with E-state index in [1.807, 2.05) is 0 Å². The quantitative estimate of drug-likeness (QED) is 0.475. The summed E-state index contributed by atoms with van der Waals surface area (Å²) < 4.78 is 39.4. The van der Waals surface area contributed by atoms with Gasteiger partial charge in [0.05, 0.1) is 11.3 Å². The summed E-state index contributed by atoms with van der Waals surface area (Å²) in [6, 6.07) is 8.77. The van der Waals surface area contributed by atoms with Gasteiger partial charge in [0.1, 0.15) is 0 Å². The maximum absolute atomic E-state index is 13.1. The van der Waals surface area contributed by atoms with Crippen LogP contribution in [0.3, 0.4) is 0 Å². The minimum Gasteiger partial charge on any atom is -0.354 e. The summed E-state index contributed by atoms with van der Waals surface area (Å²) in [4.78, 5) is 3.21. The third kappa shape index (κ3) is 3.85. The summed E-state index contributed by atoms with van der Waals surface area (Å²) in [6.45, 7) is 0.531. The molecule has 138 valence electrons. The number of fused-ring (bicyclic) bond motifs is 1. The van der Waals surface area contributed by atoms with Gasteiger partial charge in [-0.15, -0.1) is 0 Å². The lowest BCUT2D eigenvalue weighted by molar-refractivity contribution is -0.137. The Bertz CT molecular complexity index is 932. The summed E-state index contributed by atoms with van der Waals surface area (Å²) >= 11 is 12.4. The molecule has 3 aromatic rings. The van der Waals surface area contributed by atoms with Crippen molar-refractivity contribution in [2.24, 2.45) is 5.73 Å². The molecule has 2 aromatic carbocycles. The number of rotatable bonds is 5.